The molecule has 72 valence electrons. The molecule has 0 aliphatic rings. The Bertz CT molecular complexity index is 248. The van der Waals surface area contributed by atoms with Crippen molar-refractivity contribution in [3.63, 3.8) is 0 Å². The minimum absolute atomic E-state index is 0.406. The molecule has 0 rings (SSSR count). The van der Waals surface area contributed by atoms with E-state index in [9.17, 15) is 0 Å². The van der Waals surface area contributed by atoms with Crippen LogP contribution in [-0.2, 0) is 0 Å². The first-order chi connectivity index (χ1) is 6.07. The van der Waals surface area contributed by atoms with Gasteiger partial charge in [-0.25, -0.2) is 4.99 Å². The summed E-state index contributed by atoms with van der Waals surface area (Å²) >= 11 is 0. The SMILES string of the molecule is C=C(N)/C(=C\N=CC)N=CN(C)C. The van der Waals surface area contributed by atoms with Crippen LogP contribution in [0.3, 0.4) is 0 Å². The number of aliphatic imine (C=N–C) groups is 2. The molecule has 0 bridgehead atoms. The molecule has 0 heterocycles. The Hall–Kier alpha value is -1.58. The van der Waals surface area contributed by atoms with E-state index < -0.39 is 0 Å². The molecule has 0 spiro atoms. The summed E-state index contributed by atoms with van der Waals surface area (Å²) in [5, 5.41) is 0. The van der Waals surface area contributed by atoms with E-state index in [1.165, 1.54) is 0 Å². The molecule has 0 fully saturated rings. The second-order valence-corrected chi connectivity index (χ2v) is 2.66. The van der Waals surface area contributed by atoms with Crippen LogP contribution in [0.25, 0.3) is 0 Å². The predicted molar refractivity (Wildman–Crippen MR) is 57.8 cm³/mol. The van der Waals surface area contributed by atoms with E-state index in [4.69, 9.17) is 5.73 Å². The van der Waals surface area contributed by atoms with Crippen LogP contribution in [0.4, 0.5) is 0 Å². The molecule has 0 aliphatic heterocycles. The Morgan fingerprint density at radius 2 is 2.08 bits per heavy atom. The van der Waals surface area contributed by atoms with Crippen LogP contribution in [0.5, 0.6) is 0 Å². The van der Waals surface area contributed by atoms with E-state index in [1.807, 2.05) is 25.9 Å². The standard InChI is InChI=1S/C9H16N4/c1-5-11-6-9(8(2)10)12-7-13(3)4/h5-7H,2,10H2,1,3-4H3/b9-6+,11-5?,12-7?. The van der Waals surface area contributed by atoms with Crippen molar-refractivity contribution in [3.8, 4) is 0 Å². The molecule has 0 atom stereocenters. The Balaban J connectivity index is 4.53. The first-order valence-electron chi connectivity index (χ1n) is 3.91. The normalized spacial score (nSPS) is 12.7. The van der Waals surface area contributed by atoms with Gasteiger partial charge in [-0.3, -0.25) is 4.99 Å². The highest BCUT2D eigenvalue weighted by atomic mass is 15.1. The Kier molecular flexibility index (Phi) is 5.27. The third kappa shape index (κ3) is 5.66. The van der Waals surface area contributed by atoms with Gasteiger partial charge in [-0.05, 0) is 6.92 Å². The van der Waals surface area contributed by atoms with Crippen molar-refractivity contribution in [3.05, 3.63) is 24.2 Å². The van der Waals surface area contributed by atoms with Gasteiger partial charge in [0.05, 0.1) is 18.2 Å². The summed E-state index contributed by atoms with van der Waals surface area (Å²) in [4.78, 5) is 9.81. The lowest BCUT2D eigenvalue weighted by molar-refractivity contribution is 0.642. The first-order valence-corrected chi connectivity index (χ1v) is 3.91. The molecule has 13 heavy (non-hydrogen) atoms. The summed E-state index contributed by atoms with van der Waals surface area (Å²) in [6, 6.07) is 0. The molecule has 0 unspecified atom stereocenters. The van der Waals surface area contributed by atoms with Crippen molar-refractivity contribution in [1.29, 1.82) is 0 Å². The fourth-order valence-corrected chi connectivity index (χ4v) is 0.522. The molecule has 0 saturated heterocycles. The van der Waals surface area contributed by atoms with Crippen LogP contribution < -0.4 is 5.73 Å². The van der Waals surface area contributed by atoms with E-state index in [1.54, 1.807) is 18.8 Å². The minimum Gasteiger partial charge on any atom is -0.397 e. The number of hydrogen-bond donors (Lipinski definition) is 1. The zero-order chi connectivity index (χ0) is 10.3. The Morgan fingerprint density at radius 1 is 1.46 bits per heavy atom. The van der Waals surface area contributed by atoms with E-state index in [0.29, 0.717) is 11.4 Å². The van der Waals surface area contributed by atoms with Crippen molar-refractivity contribution in [2.24, 2.45) is 15.7 Å². The monoisotopic (exact) mass is 180 g/mol. The van der Waals surface area contributed by atoms with Gasteiger partial charge in [-0.15, -0.1) is 0 Å². The highest BCUT2D eigenvalue weighted by Gasteiger charge is 1.93. The summed E-state index contributed by atoms with van der Waals surface area (Å²) in [7, 11) is 3.76. The number of nitrogens with two attached hydrogens (primary N) is 1. The van der Waals surface area contributed by atoms with E-state index in [-0.39, 0.29) is 0 Å². The molecule has 0 aromatic heterocycles. The highest BCUT2D eigenvalue weighted by molar-refractivity contribution is 5.58. The van der Waals surface area contributed by atoms with Crippen LogP contribution in [0.2, 0.25) is 0 Å². The molecule has 4 heteroatoms. The van der Waals surface area contributed by atoms with Crippen LogP contribution in [-0.4, -0.2) is 31.5 Å². The number of nitrogens with zero attached hydrogens (tertiary/aromatic N) is 3. The maximum Gasteiger partial charge on any atom is 0.105 e. The molecule has 0 aromatic rings. The molecular weight excluding hydrogens is 164 g/mol. The summed E-state index contributed by atoms with van der Waals surface area (Å²) < 4.78 is 0. The maximum absolute atomic E-state index is 5.49. The lowest BCUT2D eigenvalue weighted by Crippen LogP contribution is -2.08. The van der Waals surface area contributed by atoms with Crippen molar-refractivity contribution in [1.82, 2.24) is 4.90 Å². The highest BCUT2D eigenvalue weighted by Crippen LogP contribution is 2.02. The van der Waals surface area contributed by atoms with Gasteiger partial charge in [0.2, 0.25) is 0 Å². The molecule has 0 radical (unpaired) electrons. The number of rotatable bonds is 4. The van der Waals surface area contributed by atoms with E-state index in [0.717, 1.165) is 0 Å². The quantitative estimate of drug-likeness (QED) is 0.398. The molecule has 0 aliphatic carbocycles. The summed E-state index contributed by atoms with van der Waals surface area (Å²) in [5.74, 6) is 0. The van der Waals surface area contributed by atoms with Crippen LogP contribution in [0.1, 0.15) is 6.92 Å². The first kappa shape index (κ1) is 11.4. The van der Waals surface area contributed by atoms with Crippen LogP contribution >= 0.6 is 0 Å². The fraction of sp³-hybridized carbons (Fsp3) is 0.333. The third-order valence-corrected chi connectivity index (χ3v) is 1.10. The largest absolute Gasteiger partial charge is 0.397 e. The van der Waals surface area contributed by atoms with Gasteiger partial charge < -0.3 is 10.6 Å². The molecule has 2 N–H and O–H groups in total. The summed E-state index contributed by atoms with van der Waals surface area (Å²) in [6.45, 7) is 5.41. The molecule has 0 amide bonds. The zero-order valence-electron chi connectivity index (χ0n) is 8.36. The van der Waals surface area contributed by atoms with E-state index in [2.05, 4.69) is 16.6 Å². The average Bonchev–Trinajstić information content (AvgIpc) is 2.03. The Morgan fingerprint density at radius 3 is 2.46 bits per heavy atom. The smallest absolute Gasteiger partial charge is 0.105 e. The molecule has 4 nitrogen and oxygen atoms in total. The minimum atomic E-state index is 0.406. The van der Waals surface area contributed by atoms with Gasteiger partial charge >= 0.3 is 0 Å². The van der Waals surface area contributed by atoms with Gasteiger partial charge in [0.25, 0.3) is 0 Å². The molecule has 0 saturated carbocycles. The van der Waals surface area contributed by atoms with Gasteiger partial charge in [0.1, 0.15) is 5.70 Å². The summed E-state index contributed by atoms with van der Waals surface area (Å²) in [5.41, 5.74) is 6.48. The molecule has 0 aromatic carbocycles. The second kappa shape index (κ2) is 5.99. The van der Waals surface area contributed by atoms with Crippen molar-refractivity contribution < 1.29 is 0 Å². The van der Waals surface area contributed by atoms with Crippen molar-refractivity contribution in [2.45, 2.75) is 6.92 Å². The zero-order valence-corrected chi connectivity index (χ0v) is 8.36. The van der Waals surface area contributed by atoms with Crippen molar-refractivity contribution in [2.75, 3.05) is 14.1 Å². The summed E-state index contributed by atoms with van der Waals surface area (Å²) in [6.07, 6.45) is 4.88. The Labute approximate surface area is 79.2 Å². The second-order valence-electron chi connectivity index (χ2n) is 2.66. The van der Waals surface area contributed by atoms with Gasteiger partial charge in [-0.1, -0.05) is 6.58 Å². The van der Waals surface area contributed by atoms with Gasteiger partial charge in [-0.2, -0.15) is 0 Å². The van der Waals surface area contributed by atoms with Crippen LogP contribution in [0, 0.1) is 0 Å². The fourth-order valence-electron chi connectivity index (χ4n) is 0.522. The van der Waals surface area contributed by atoms with Crippen molar-refractivity contribution >= 4 is 12.6 Å². The predicted octanol–water partition coefficient (Wildman–Crippen LogP) is 0.981. The maximum atomic E-state index is 5.49. The van der Waals surface area contributed by atoms with E-state index >= 15 is 0 Å². The average molecular weight is 180 g/mol. The van der Waals surface area contributed by atoms with Crippen LogP contribution in [0.15, 0.2) is 34.2 Å². The van der Waals surface area contributed by atoms with Gasteiger partial charge in [0, 0.05) is 20.3 Å². The van der Waals surface area contributed by atoms with Gasteiger partial charge in [0.15, 0.2) is 0 Å². The number of hydrogen-bond acceptors (Lipinski definition) is 3. The lowest BCUT2D eigenvalue weighted by Gasteiger charge is -2.03. The third-order valence-electron chi connectivity index (χ3n) is 1.10. The topological polar surface area (TPSA) is 54.0 Å². The molecular formula is C9H16N4. The lowest BCUT2D eigenvalue weighted by atomic mass is 10.4.